The number of nitrogens with one attached hydrogen (secondary N) is 1. The van der Waals surface area contributed by atoms with E-state index in [4.69, 9.17) is 9.47 Å². The monoisotopic (exact) mass is 423 g/mol. The molecule has 8 nitrogen and oxygen atoms in total. The van der Waals surface area contributed by atoms with Gasteiger partial charge in [0.1, 0.15) is 23.7 Å². The average Bonchev–Trinajstić information content (AvgIpc) is 3.14. The van der Waals surface area contributed by atoms with E-state index in [0.29, 0.717) is 12.4 Å². The molecule has 1 aromatic heterocycles. The summed E-state index contributed by atoms with van der Waals surface area (Å²) in [6, 6.07) is 7.12. The largest absolute Gasteiger partial charge is 0.487 e. The highest BCUT2D eigenvalue weighted by molar-refractivity contribution is 7.89. The highest BCUT2D eigenvalue weighted by Crippen LogP contribution is 2.29. The third-order valence-corrected chi connectivity index (χ3v) is 6.34. The number of carbonyl (C=O) groups excluding carboxylic acids is 1. The summed E-state index contributed by atoms with van der Waals surface area (Å²) >= 11 is 0. The summed E-state index contributed by atoms with van der Waals surface area (Å²) in [4.78, 5) is 16.4. The fourth-order valence-electron chi connectivity index (χ4n) is 3.12. The molecule has 2 aromatic rings. The van der Waals surface area contributed by atoms with Gasteiger partial charge in [0.15, 0.2) is 0 Å². The number of carbonyl (C=O) groups is 1. The number of nitrogens with zero attached hydrogens (tertiary/aromatic N) is 2. The Morgan fingerprint density at radius 3 is 2.86 bits per heavy atom. The predicted octanol–water partition coefficient (Wildman–Crippen LogP) is 1.19. The van der Waals surface area contributed by atoms with Crippen LogP contribution in [0.3, 0.4) is 0 Å². The SMILES string of the molecule is COCCNC(=O)[C@@H]1C[C@H](Oc2cccnc2)CN1S(=O)(=O)c1cccc(F)c1. The van der Waals surface area contributed by atoms with E-state index >= 15 is 0 Å². The van der Waals surface area contributed by atoms with Crippen molar-refractivity contribution in [2.24, 2.45) is 0 Å². The minimum absolute atomic E-state index is 0.0455. The van der Waals surface area contributed by atoms with E-state index in [1.807, 2.05) is 0 Å². The number of methoxy groups -OCH3 is 1. The van der Waals surface area contributed by atoms with Gasteiger partial charge >= 0.3 is 0 Å². The van der Waals surface area contributed by atoms with Crippen molar-refractivity contribution >= 4 is 15.9 Å². The summed E-state index contributed by atoms with van der Waals surface area (Å²) in [5.74, 6) is -0.658. The van der Waals surface area contributed by atoms with Gasteiger partial charge in [-0.3, -0.25) is 9.78 Å². The van der Waals surface area contributed by atoms with E-state index in [2.05, 4.69) is 10.3 Å². The van der Waals surface area contributed by atoms with Crippen LogP contribution in [-0.2, 0) is 19.6 Å². The van der Waals surface area contributed by atoms with E-state index in [0.717, 1.165) is 16.4 Å². The van der Waals surface area contributed by atoms with Gasteiger partial charge in [-0.1, -0.05) is 6.07 Å². The van der Waals surface area contributed by atoms with Crippen LogP contribution in [0.15, 0.2) is 53.7 Å². The first-order valence-electron chi connectivity index (χ1n) is 9.02. The van der Waals surface area contributed by atoms with Crippen molar-refractivity contribution in [3.05, 3.63) is 54.6 Å². The first kappa shape index (κ1) is 21.2. The van der Waals surface area contributed by atoms with Crippen molar-refractivity contribution in [1.82, 2.24) is 14.6 Å². The first-order chi connectivity index (χ1) is 13.9. The summed E-state index contributed by atoms with van der Waals surface area (Å²) in [6.45, 7) is 0.495. The van der Waals surface area contributed by atoms with Gasteiger partial charge in [0.05, 0.1) is 24.2 Å². The molecule has 0 aliphatic carbocycles. The Morgan fingerprint density at radius 1 is 1.34 bits per heavy atom. The summed E-state index contributed by atoms with van der Waals surface area (Å²) in [7, 11) is -2.61. The Morgan fingerprint density at radius 2 is 2.17 bits per heavy atom. The van der Waals surface area contributed by atoms with E-state index in [-0.39, 0.29) is 24.4 Å². The standard InChI is InChI=1S/C19H22FN3O5S/c1-27-9-8-22-19(24)18-11-16(28-15-5-3-7-21-12-15)13-23(18)29(25,26)17-6-2-4-14(20)10-17/h2-7,10,12,16,18H,8-9,11,13H2,1H3,(H,22,24)/t16-,18-/m0/s1. The molecule has 0 spiro atoms. The molecule has 156 valence electrons. The smallest absolute Gasteiger partial charge is 0.244 e. The molecular weight excluding hydrogens is 401 g/mol. The Balaban J connectivity index is 1.84. The molecule has 1 aliphatic heterocycles. The molecule has 1 fully saturated rings. The second-order valence-electron chi connectivity index (χ2n) is 6.50. The van der Waals surface area contributed by atoms with Gasteiger partial charge in [0, 0.05) is 26.3 Å². The third-order valence-electron chi connectivity index (χ3n) is 4.47. The molecule has 1 aliphatic rings. The lowest BCUT2D eigenvalue weighted by Gasteiger charge is -2.23. The Kier molecular flexibility index (Phi) is 6.78. The van der Waals surface area contributed by atoms with Gasteiger partial charge in [-0.2, -0.15) is 4.31 Å². The molecule has 29 heavy (non-hydrogen) atoms. The molecule has 0 unspecified atom stereocenters. The van der Waals surface area contributed by atoms with Crippen LogP contribution >= 0.6 is 0 Å². The molecule has 1 aromatic carbocycles. The van der Waals surface area contributed by atoms with Gasteiger partial charge in [-0.15, -0.1) is 0 Å². The highest BCUT2D eigenvalue weighted by atomic mass is 32.2. The molecular formula is C19H22FN3O5S. The molecule has 1 saturated heterocycles. The highest BCUT2D eigenvalue weighted by Gasteiger charge is 2.45. The van der Waals surface area contributed by atoms with Crippen LogP contribution in [-0.4, -0.2) is 62.6 Å². The fraction of sp³-hybridized carbons (Fsp3) is 0.368. The first-order valence-corrected chi connectivity index (χ1v) is 10.5. The summed E-state index contributed by atoms with van der Waals surface area (Å²) in [5.41, 5.74) is 0. The van der Waals surface area contributed by atoms with E-state index in [1.54, 1.807) is 18.3 Å². The van der Waals surface area contributed by atoms with Crippen molar-refractivity contribution < 1.29 is 27.1 Å². The van der Waals surface area contributed by atoms with Gasteiger partial charge in [-0.25, -0.2) is 12.8 Å². The van der Waals surface area contributed by atoms with Gasteiger partial charge in [0.2, 0.25) is 15.9 Å². The second kappa shape index (κ2) is 9.29. The number of hydrogen-bond donors (Lipinski definition) is 1. The van der Waals surface area contributed by atoms with Gasteiger partial charge in [0.25, 0.3) is 0 Å². The van der Waals surface area contributed by atoms with Crippen LogP contribution in [0.25, 0.3) is 0 Å². The van der Waals surface area contributed by atoms with Crippen molar-refractivity contribution in [2.45, 2.75) is 23.5 Å². The molecule has 0 radical (unpaired) electrons. The molecule has 0 saturated carbocycles. The number of hydrogen-bond acceptors (Lipinski definition) is 6. The van der Waals surface area contributed by atoms with Crippen LogP contribution < -0.4 is 10.1 Å². The number of rotatable bonds is 8. The normalized spacial score (nSPS) is 19.8. The van der Waals surface area contributed by atoms with E-state index in [9.17, 15) is 17.6 Å². The third kappa shape index (κ3) is 5.08. The number of aromatic nitrogens is 1. The predicted molar refractivity (Wildman–Crippen MR) is 102 cm³/mol. The van der Waals surface area contributed by atoms with Crippen LogP contribution in [0.5, 0.6) is 5.75 Å². The molecule has 0 bridgehead atoms. The van der Waals surface area contributed by atoms with Crippen LogP contribution in [0.1, 0.15) is 6.42 Å². The van der Waals surface area contributed by atoms with Crippen molar-refractivity contribution in [1.29, 1.82) is 0 Å². The maximum absolute atomic E-state index is 13.6. The summed E-state index contributed by atoms with van der Waals surface area (Å²) in [5, 5.41) is 2.66. The number of sulfonamides is 1. The fourth-order valence-corrected chi connectivity index (χ4v) is 4.79. The number of ether oxygens (including phenoxy) is 2. The summed E-state index contributed by atoms with van der Waals surface area (Å²) in [6.07, 6.45) is 2.70. The zero-order valence-electron chi connectivity index (χ0n) is 15.8. The molecule has 2 heterocycles. The number of benzene rings is 1. The Bertz CT molecular complexity index is 942. The lowest BCUT2D eigenvalue weighted by molar-refractivity contribution is -0.124. The van der Waals surface area contributed by atoms with Crippen molar-refractivity contribution in [3.63, 3.8) is 0 Å². The molecule has 3 rings (SSSR count). The van der Waals surface area contributed by atoms with Crippen molar-refractivity contribution in [2.75, 3.05) is 26.8 Å². The van der Waals surface area contributed by atoms with Gasteiger partial charge in [-0.05, 0) is 30.3 Å². The number of pyridine rings is 1. The minimum Gasteiger partial charge on any atom is -0.487 e. The zero-order chi connectivity index (χ0) is 20.9. The topological polar surface area (TPSA) is 97.8 Å². The van der Waals surface area contributed by atoms with E-state index in [1.165, 1.54) is 25.4 Å². The zero-order valence-corrected chi connectivity index (χ0v) is 16.6. The molecule has 1 N–H and O–H groups in total. The Hall–Kier alpha value is -2.56. The van der Waals surface area contributed by atoms with Crippen LogP contribution in [0, 0.1) is 5.82 Å². The van der Waals surface area contributed by atoms with Crippen LogP contribution in [0.2, 0.25) is 0 Å². The van der Waals surface area contributed by atoms with Crippen LogP contribution in [0.4, 0.5) is 4.39 Å². The maximum atomic E-state index is 13.6. The van der Waals surface area contributed by atoms with E-state index < -0.39 is 33.9 Å². The molecule has 1 amide bonds. The molecule has 2 atom stereocenters. The minimum atomic E-state index is -4.11. The summed E-state index contributed by atoms with van der Waals surface area (Å²) < 4.78 is 51.6. The quantitative estimate of drug-likeness (QED) is 0.641. The Labute approximate surface area is 168 Å². The van der Waals surface area contributed by atoms with Gasteiger partial charge < -0.3 is 14.8 Å². The number of amides is 1. The average molecular weight is 423 g/mol. The lowest BCUT2D eigenvalue weighted by atomic mass is 10.2. The molecule has 10 heteroatoms. The second-order valence-corrected chi connectivity index (χ2v) is 8.39. The number of halogens is 1. The van der Waals surface area contributed by atoms with Crippen molar-refractivity contribution in [3.8, 4) is 5.75 Å². The maximum Gasteiger partial charge on any atom is 0.244 e. The lowest BCUT2D eigenvalue weighted by Crippen LogP contribution is -2.46.